The molecule has 9 aromatic carbocycles. The van der Waals surface area contributed by atoms with E-state index in [-0.39, 0.29) is 79.5 Å². The Hall–Kier alpha value is -2.79. The first kappa shape index (κ1) is 59.3. The Morgan fingerprint density at radius 2 is 0.318 bits per heavy atom. The first-order valence-corrected chi connectivity index (χ1v) is 28.2. The van der Waals surface area contributed by atoms with E-state index in [1.165, 1.54) is 47.7 Å². The summed E-state index contributed by atoms with van der Waals surface area (Å²) in [6.45, 7) is 10.4. The van der Waals surface area contributed by atoms with Crippen molar-refractivity contribution < 1.29 is 79.5 Å². The van der Waals surface area contributed by atoms with Crippen LogP contribution < -0.4 is 60.1 Å². The average molecular weight is 1500 g/mol. The van der Waals surface area contributed by atoms with E-state index in [9.17, 15) is 0 Å². The van der Waals surface area contributed by atoms with Crippen molar-refractivity contribution in [2.24, 2.45) is 0 Å². The van der Waals surface area contributed by atoms with Crippen LogP contribution in [0, 0.1) is 6.66 Å². The maximum atomic E-state index is 3.88. The fraction of sp³-hybridized carbons (Fsp3) is 0.0517. The van der Waals surface area contributed by atoms with Crippen LogP contribution in [0.25, 0.3) is 0 Å². The number of hydrogen-bond acceptors (Lipinski definition) is 0. The van der Waals surface area contributed by atoms with E-state index in [2.05, 4.69) is 300 Å². The van der Waals surface area contributed by atoms with E-state index in [0.717, 1.165) is 0 Å². The van der Waals surface area contributed by atoms with Crippen molar-refractivity contribution in [1.82, 2.24) is 0 Å². The largest absolute Gasteiger partial charge is 1.00 e. The van der Waals surface area contributed by atoms with Gasteiger partial charge in [0.2, 0.25) is 0 Å². The zero-order valence-corrected chi connectivity index (χ0v) is 48.1. The van der Waals surface area contributed by atoms with Gasteiger partial charge in [0.25, 0.3) is 0 Å². The van der Waals surface area contributed by atoms with Gasteiger partial charge >= 0.3 is 22.4 Å². The summed E-state index contributed by atoms with van der Waals surface area (Å²) in [4.78, 5) is 0. The molecule has 0 bridgehead atoms. The second-order valence-corrected chi connectivity index (χ2v) is 26.6. The Bertz CT molecular complexity index is 1970. The second kappa shape index (κ2) is 32.9. The molecule has 0 N–H and O–H groups in total. The number of hydrogen-bond donors (Lipinski definition) is 0. The van der Waals surface area contributed by atoms with Crippen molar-refractivity contribution in [3.05, 3.63) is 280 Å². The Morgan fingerprint density at radius 1 is 0.242 bits per heavy atom. The molecule has 348 valence electrons. The van der Waals surface area contributed by atoms with Crippen molar-refractivity contribution in [2.45, 2.75) is 0 Å². The van der Waals surface area contributed by atoms with Gasteiger partial charge in [0.1, 0.15) is 0 Å². The SMILES string of the molecule is [Au+].[Au].[Au].[CH2-][P+](C)(C)C.[Cl-].c1ccc(P(c2ccccc2)c2ccccc2)cc1.c1ccc(P(c2ccccc2)c2ccccc2)cc1.c1ccc(P(c2ccccc2)c2ccccc2)cc1. The third-order valence-electron chi connectivity index (χ3n) is 9.13. The van der Waals surface area contributed by atoms with E-state index >= 15 is 0 Å². The van der Waals surface area contributed by atoms with Gasteiger partial charge in [-0.1, -0.05) is 273 Å². The molecule has 0 nitrogen and oxygen atoms in total. The van der Waals surface area contributed by atoms with Gasteiger partial charge in [-0.3, -0.25) is 0 Å². The van der Waals surface area contributed by atoms with E-state index < -0.39 is 31.0 Å². The van der Waals surface area contributed by atoms with Crippen molar-refractivity contribution in [2.75, 3.05) is 20.0 Å². The van der Waals surface area contributed by atoms with Crippen LogP contribution in [0.1, 0.15) is 0 Å². The molecule has 9 aromatic rings. The third kappa shape index (κ3) is 20.0. The van der Waals surface area contributed by atoms with Crippen LogP contribution in [-0.2, 0) is 67.1 Å². The molecule has 0 unspecified atom stereocenters. The minimum atomic E-state index is -0.639. The molecule has 9 rings (SSSR count). The molecule has 0 aliphatic heterocycles. The summed E-state index contributed by atoms with van der Waals surface area (Å²) in [7, 11) is -1.98. The molecule has 66 heavy (non-hydrogen) atoms. The molecule has 8 heteroatoms. The molecule has 0 saturated heterocycles. The smallest absolute Gasteiger partial charge is 1.00 e. The molecule has 0 fully saturated rings. The minimum Gasteiger partial charge on any atom is -1.00 e. The Balaban J connectivity index is 0.000000314. The molecule has 0 aromatic heterocycles. The predicted molar refractivity (Wildman–Crippen MR) is 285 cm³/mol. The summed E-state index contributed by atoms with van der Waals surface area (Å²) >= 11 is 0. The van der Waals surface area contributed by atoms with Gasteiger partial charge in [0, 0.05) is 64.8 Å². The molecule has 0 saturated carbocycles. The fourth-order valence-corrected chi connectivity index (χ4v) is 13.5. The van der Waals surface area contributed by atoms with Crippen LogP contribution >= 0.6 is 31.0 Å². The zero-order valence-electron chi connectivity index (χ0n) is 37.3. The van der Waals surface area contributed by atoms with E-state index in [1.807, 2.05) is 0 Å². The second-order valence-electron chi connectivity index (χ2n) is 15.3. The third-order valence-corrected chi connectivity index (χ3v) is 16.5. The normalized spacial score (nSPS) is 10.0. The van der Waals surface area contributed by atoms with Gasteiger partial charge in [-0.25, -0.2) is 0 Å². The number of benzene rings is 9. The van der Waals surface area contributed by atoms with Gasteiger partial charge in [-0.05, 0) is 71.5 Å². The van der Waals surface area contributed by atoms with E-state index in [1.54, 1.807) is 0 Å². The Labute approximate surface area is 453 Å². The van der Waals surface area contributed by atoms with Gasteiger partial charge < -0.3 is 12.4 Å². The Kier molecular flexibility index (Phi) is 29.5. The Morgan fingerprint density at radius 3 is 0.394 bits per heavy atom. The maximum Gasteiger partial charge on any atom is 1.00 e. The van der Waals surface area contributed by atoms with Crippen molar-refractivity contribution in [3.63, 3.8) is 0 Å². The van der Waals surface area contributed by atoms with Crippen LogP contribution in [0.4, 0.5) is 0 Å². The van der Waals surface area contributed by atoms with Gasteiger partial charge in [-0.2, -0.15) is 6.66 Å². The van der Waals surface area contributed by atoms with Gasteiger partial charge in [0.05, 0.1) is 0 Å². The van der Waals surface area contributed by atoms with Crippen LogP contribution in [0.15, 0.2) is 273 Å². The van der Waals surface area contributed by atoms with Crippen LogP contribution in [0.3, 0.4) is 0 Å². The first-order valence-electron chi connectivity index (χ1n) is 20.9. The minimum absolute atomic E-state index is 0. The molecule has 0 aliphatic rings. The zero-order chi connectivity index (χ0) is 43.2. The average Bonchev–Trinajstić information content (AvgIpc) is 3.32. The van der Waals surface area contributed by atoms with Gasteiger partial charge in [-0.15, -0.1) is 7.26 Å². The van der Waals surface area contributed by atoms with Crippen molar-refractivity contribution in [3.8, 4) is 0 Å². The molecule has 0 heterocycles. The van der Waals surface area contributed by atoms with Crippen LogP contribution in [-0.4, -0.2) is 20.0 Å². The molecular formula is C58H56Au3ClP4. The summed E-state index contributed by atoms with van der Waals surface area (Å²) in [5, 5.41) is 12.6. The topological polar surface area (TPSA) is 0 Å². The van der Waals surface area contributed by atoms with Gasteiger partial charge in [0.15, 0.2) is 0 Å². The fourth-order valence-electron chi connectivity index (χ4n) is 6.54. The molecule has 0 aliphatic carbocycles. The quantitative estimate of drug-likeness (QED) is 0.0770. The summed E-state index contributed by atoms with van der Waals surface area (Å²) in [5.41, 5.74) is 0. The maximum absolute atomic E-state index is 3.88. The van der Waals surface area contributed by atoms with E-state index in [0.29, 0.717) is 0 Å². The molecule has 2 radical (unpaired) electrons. The molecule has 0 spiro atoms. The standard InChI is InChI=1S/3C18H15P.C4H11P.3Au.ClH/c3*1-4-10-16(11-5-1)19(17-12-6-2-7-13-17)18-14-8-3-9-15-18;1-5(2,3)4;;;;/h3*1-15H;1H2,2-4H3;;;;1H/q;;;;;;+1;/p-1. The summed E-state index contributed by atoms with van der Waals surface area (Å²) < 4.78 is 0. The first-order chi connectivity index (χ1) is 30.3. The predicted octanol–water partition coefficient (Wildman–Crippen LogP) is 9.02. The summed E-state index contributed by atoms with van der Waals surface area (Å²) in [6.07, 6.45) is 0. The molecule has 0 amide bonds. The van der Waals surface area contributed by atoms with Crippen molar-refractivity contribution in [1.29, 1.82) is 0 Å². The van der Waals surface area contributed by atoms with Crippen LogP contribution in [0.2, 0.25) is 0 Å². The summed E-state index contributed by atoms with van der Waals surface area (Å²) in [5.74, 6) is 0. The number of rotatable bonds is 9. The van der Waals surface area contributed by atoms with Crippen molar-refractivity contribution >= 4 is 78.8 Å². The summed E-state index contributed by atoms with van der Waals surface area (Å²) in [6, 6.07) is 97.0. The molecular weight excluding hydrogens is 1450 g/mol. The number of halogens is 1. The van der Waals surface area contributed by atoms with E-state index in [4.69, 9.17) is 0 Å². The monoisotopic (exact) mass is 1500 g/mol. The van der Waals surface area contributed by atoms with Crippen LogP contribution in [0.5, 0.6) is 0 Å². The molecule has 0 atom stereocenters.